The van der Waals surface area contributed by atoms with Crippen molar-refractivity contribution in [3.05, 3.63) is 63.7 Å². The fraction of sp³-hybridized carbons (Fsp3) is 0.0667. The van der Waals surface area contributed by atoms with E-state index in [1.165, 1.54) is 22.9 Å². The van der Waals surface area contributed by atoms with Gasteiger partial charge in [0.2, 0.25) is 11.1 Å². The Hall–Kier alpha value is -2.98. The quantitative estimate of drug-likeness (QED) is 0.390. The minimum Gasteiger partial charge on any atom is -0.320 e. The van der Waals surface area contributed by atoms with Crippen LogP contribution in [0.25, 0.3) is 5.69 Å². The first kappa shape index (κ1) is 17.8. The molecule has 0 fully saturated rings. The minimum absolute atomic E-state index is 0.0139. The van der Waals surface area contributed by atoms with Gasteiger partial charge in [-0.15, -0.1) is 5.10 Å². The van der Waals surface area contributed by atoms with Crippen LogP contribution in [-0.4, -0.2) is 36.8 Å². The normalized spacial score (nSPS) is 10.5. The summed E-state index contributed by atoms with van der Waals surface area (Å²) in [5.41, 5.74) is 0.665. The van der Waals surface area contributed by atoms with Crippen molar-refractivity contribution in [3.8, 4) is 5.69 Å². The van der Waals surface area contributed by atoms with Gasteiger partial charge in [0, 0.05) is 11.1 Å². The second kappa shape index (κ2) is 7.93. The Morgan fingerprint density at radius 3 is 2.69 bits per heavy atom. The lowest BCUT2D eigenvalue weighted by atomic mass is 10.2. The van der Waals surface area contributed by atoms with Gasteiger partial charge in [-0.3, -0.25) is 14.9 Å². The lowest BCUT2D eigenvalue weighted by Crippen LogP contribution is -2.15. The Balaban J connectivity index is 1.67. The van der Waals surface area contributed by atoms with Crippen LogP contribution >= 0.6 is 23.4 Å². The summed E-state index contributed by atoms with van der Waals surface area (Å²) in [6.45, 7) is 0. The van der Waals surface area contributed by atoms with E-state index < -0.39 is 10.8 Å². The zero-order valence-corrected chi connectivity index (χ0v) is 14.6. The smallest absolute Gasteiger partial charge is 0.292 e. The molecular weight excluding hydrogens is 380 g/mol. The average Bonchev–Trinajstić information content (AvgIpc) is 3.09. The molecular formula is C15H11ClN6O3S. The summed E-state index contributed by atoms with van der Waals surface area (Å²) in [6, 6.07) is 12.8. The summed E-state index contributed by atoms with van der Waals surface area (Å²) in [5, 5.41) is 25.9. The number of tetrazole rings is 1. The molecule has 0 atom stereocenters. The molecule has 11 heteroatoms. The number of thioether (sulfide) groups is 1. The van der Waals surface area contributed by atoms with E-state index in [4.69, 9.17) is 11.6 Å². The summed E-state index contributed by atoms with van der Waals surface area (Å²) in [7, 11) is 0. The van der Waals surface area contributed by atoms with Crippen molar-refractivity contribution >= 4 is 40.6 Å². The van der Waals surface area contributed by atoms with Gasteiger partial charge in [-0.05, 0) is 40.8 Å². The molecule has 1 amide bonds. The number of anilines is 1. The molecule has 0 aliphatic carbocycles. The summed E-state index contributed by atoms with van der Waals surface area (Å²) >= 11 is 6.97. The van der Waals surface area contributed by atoms with Crippen molar-refractivity contribution in [2.75, 3.05) is 11.1 Å². The van der Waals surface area contributed by atoms with Crippen LogP contribution in [0.2, 0.25) is 5.02 Å². The highest BCUT2D eigenvalue weighted by molar-refractivity contribution is 7.99. The molecule has 0 aliphatic rings. The number of nitrogens with one attached hydrogen (secondary N) is 1. The van der Waals surface area contributed by atoms with E-state index >= 15 is 0 Å². The molecule has 0 aliphatic heterocycles. The number of benzene rings is 2. The zero-order valence-electron chi connectivity index (χ0n) is 13.1. The van der Waals surface area contributed by atoms with Gasteiger partial charge in [0.05, 0.1) is 16.4 Å². The number of nitro groups is 1. The van der Waals surface area contributed by atoms with Gasteiger partial charge >= 0.3 is 0 Å². The number of para-hydroxylation sites is 2. The summed E-state index contributed by atoms with van der Waals surface area (Å²) in [5.74, 6) is -0.421. The van der Waals surface area contributed by atoms with Crippen molar-refractivity contribution in [1.82, 2.24) is 20.2 Å². The van der Waals surface area contributed by atoms with Gasteiger partial charge in [0.25, 0.3) is 5.69 Å². The van der Waals surface area contributed by atoms with Crippen LogP contribution in [-0.2, 0) is 4.79 Å². The Morgan fingerprint density at radius 1 is 1.23 bits per heavy atom. The Morgan fingerprint density at radius 2 is 1.96 bits per heavy atom. The van der Waals surface area contributed by atoms with Crippen LogP contribution in [0.3, 0.4) is 0 Å². The molecule has 1 N–H and O–H groups in total. The third kappa shape index (κ3) is 4.16. The van der Waals surface area contributed by atoms with Gasteiger partial charge in [-0.1, -0.05) is 35.5 Å². The molecule has 9 nitrogen and oxygen atoms in total. The van der Waals surface area contributed by atoms with E-state index in [0.29, 0.717) is 15.9 Å². The molecule has 1 aromatic heterocycles. The third-order valence-electron chi connectivity index (χ3n) is 3.22. The maximum atomic E-state index is 12.1. The zero-order chi connectivity index (χ0) is 18.5. The monoisotopic (exact) mass is 390 g/mol. The van der Waals surface area contributed by atoms with Crippen molar-refractivity contribution in [1.29, 1.82) is 0 Å². The molecule has 3 rings (SSSR count). The van der Waals surface area contributed by atoms with Crippen LogP contribution in [0.15, 0.2) is 53.7 Å². The lowest BCUT2D eigenvalue weighted by Gasteiger charge is -2.06. The first-order chi connectivity index (χ1) is 12.5. The second-order valence-electron chi connectivity index (χ2n) is 4.96. The predicted molar refractivity (Wildman–Crippen MR) is 96.6 cm³/mol. The fourth-order valence-corrected chi connectivity index (χ4v) is 2.89. The van der Waals surface area contributed by atoms with Crippen molar-refractivity contribution < 1.29 is 9.72 Å². The number of aromatic nitrogens is 4. The van der Waals surface area contributed by atoms with E-state index in [1.54, 1.807) is 30.3 Å². The van der Waals surface area contributed by atoms with Gasteiger partial charge < -0.3 is 5.32 Å². The maximum Gasteiger partial charge on any atom is 0.292 e. The topological polar surface area (TPSA) is 116 Å². The number of nitro benzene ring substituents is 1. The highest BCUT2D eigenvalue weighted by Gasteiger charge is 2.16. The lowest BCUT2D eigenvalue weighted by molar-refractivity contribution is -0.383. The molecule has 1 heterocycles. The highest BCUT2D eigenvalue weighted by Crippen LogP contribution is 2.24. The number of carbonyl (C=O) groups excluding carboxylic acids is 1. The summed E-state index contributed by atoms with van der Waals surface area (Å²) in [4.78, 5) is 22.6. The molecule has 0 radical (unpaired) electrons. The number of hydrogen-bond acceptors (Lipinski definition) is 7. The highest BCUT2D eigenvalue weighted by atomic mass is 35.5. The molecule has 26 heavy (non-hydrogen) atoms. The molecule has 3 aromatic rings. The van der Waals surface area contributed by atoms with Crippen LogP contribution in [0.4, 0.5) is 11.4 Å². The number of rotatable bonds is 6. The Bertz CT molecular complexity index is 947. The molecule has 0 bridgehead atoms. The Labute approximate surface area is 156 Å². The summed E-state index contributed by atoms with van der Waals surface area (Å²) in [6.07, 6.45) is 0. The van der Waals surface area contributed by atoms with Crippen LogP contribution < -0.4 is 5.32 Å². The molecule has 0 unspecified atom stereocenters. The number of amides is 1. The third-order valence-corrected chi connectivity index (χ3v) is 4.39. The van der Waals surface area contributed by atoms with Crippen molar-refractivity contribution in [2.24, 2.45) is 0 Å². The number of halogens is 1. The van der Waals surface area contributed by atoms with Crippen LogP contribution in [0.5, 0.6) is 0 Å². The van der Waals surface area contributed by atoms with Gasteiger partial charge in [0.1, 0.15) is 5.69 Å². The largest absolute Gasteiger partial charge is 0.320 e. The second-order valence-corrected chi connectivity index (χ2v) is 6.34. The van der Waals surface area contributed by atoms with Gasteiger partial charge in [0.15, 0.2) is 0 Å². The van der Waals surface area contributed by atoms with Crippen molar-refractivity contribution in [3.63, 3.8) is 0 Å². The molecule has 132 valence electrons. The fourth-order valence-electron chi connectivity index (χ4n) is 2.07. The van der Waals surface area contributed by atoms with Gasteiger partial charge in [-0.25, -0.2) is 0 Å². The van der Waals surface area contributed by atoms with Crippen molar-refractivity contribution in [2.45, 2.75) is 5.16 Å². The number of hydrogen-bond donors (Lipinski definition) is 1. The first-order valence-electron chi connectivity index (χ1n) is 7.25. The van der Waals surface area contributed by atoms with Crippen LogP contribution in [0.1, 0.15) is 0 Å². The molecule has 0 saturated carbocycles. The SMILES string of the molecule is O=C(CSc1nnnn1-c1ccc(Cl)cc1)Nc1ccccc1[N+](=O)[O-]. The number of nitrogens with zero attached hydrogens (tertiary/aromatic N) is 5. The standard InChI is InChI=1S/C15H11ClN6O3S/c16-10-5-7-11(8-6-10)21-15(18-19-20-21)26-9-14(23)17-12-3-1-2-4-13(12)22(24)25/h1-8H,9H2,(H,17,23). The minimum atomic E-state index is -0.552. The molecule has 0 spiro atoms. The van der Waals surface area contributed by atoms with E-state index in [0.717, 1.165) is 11.8 Å². The molecule has 2 aromatic carbocycles. The maximum absolute atomic E-state index is 12.1. The van der Waals surface area contributed by atoms with E-state index in [1.807, 2.05) is 0 Å². The van der Waals surface area contributed by atoms with E-state index in [2.05, 4.69) is 20.8 Å². The summed E-state index contributed by atoms with van der Waals surface area (Å²) < 4.78 is 1.47. The van der Waals surface area contributed by atoms with E-state index in [-0.39, 0.29) is 17.1 Å². The molecule has 0 saturated heterocycles. The predicted octanol–water partition coefficient (Wildman–Crippen LogP) is 2.95. The average molecular weight is 391 g/mol. The van der Waals surface area contributed by atoms with E-state index in [9.17, 15) is 14.9 Å². The number of carbonyl (C=O) groups is 1. The first-order valence-corrected chi connectivity index (χ1v) is 8.61. The van der Waals surface area contributed by atoms with Gasteiger partial charge in [-0.2, -0.15) is 4.68 Å². The van der Waals surface area contributed by atoms with Crippen LogP contribution in [0, 0.1) is 10.1 Å². The Kier molecular flexibility index (Phi) is 5.44.